The molecule has 96 valence electrons. The van der Waals surface area contributed by atoms with Crippen LogP contribution in [0.15, 0.2) is 24.5 Å². The predicted molar refractivity (Wildman–Crippen MR) is 67.8 cm³/mol. The lowest BCUT2D eigenvalue weighted by Crippen LogP contribution is -2.11. The van der Waals surface area contributed by atoms with Crippen LogP contribution in [-0.4, -0.2) is 25.4 Å². The van der Waals surface area contributed by atoms with Crippen LogP contribution in [0.1, 0.15) is 41.6 Å². The summed E-state index contributed by atoms with van der Waals surface area (Å²) in [4.78, 5) is 11.2. The number of carboxylic acids is 1. The average Bonchev–Trinajstić information content (AvgIpc) is 2.86. The second kappa shape index (κ2) is 4.68. The first-order chi connectivity index (χ1) is 8.49. The Morgan fingerprint density at radius 1 is 1.39 bits per heavy atom. The van der Waals surface area contributed by atoms with E-state index in [0.29, 0.717) is 18.3 Å². The normalized spacial score (nSPS) is 11.1. The van der Waals surface area contributed by atoms with E-state index in [0.717, 1.165) is 11.3 Å². The lowest BCUT2D eigenvalue weighted by molar-refractivity contribution is 0.0685. The van der Waals surface area contributed by atoms with Crippen molar-refractivity contribution in [3.05, 3.63) is 41.5 Å². The topological polar surface area (TPSA) is 60.0 Å². The standard InChI is InChI=1S/C13H17N3O2/c1-9(2)16-7-5-11(14-16)8-15-6-4-10(3)12(15)13(17)18/h4-7,9H,8H2,1-3H3,(H,17,18). The highest BCUT2D eigenvalue weighted by atomic mass is 16.4. The Balaban J connectivity index is 2.26. The predicted octanol–water partition coefficient (Wildman–Crippen LogP) is 2.32. The van der Waals surface area contributed by atoms with E-state index in [-0.39, 0.29) is 0 Å². The molecule has 2 heterocycles. The fourth-order valence-corrected chi connectivity index (χ4v) is 1.93. The van der Waals surface area contributed by atoms with Crippen molar-refractivity contribution in [1.82, 2.24) is 14.3 Å². The van der Waals surface area contributed by atoms with Crippen LogP contribution in [0.25, 0.3) is 0 Å². The molecule has 0 saturated heterocycles. The minimum atomic E-state index is -0.902. The number of hydrogen-bond donors (Lipinski definition) is 1. The van der Waals surface area contributed by atoms with E-state index in [1.54, 1.807) is 17.7 Å². The smallest absolute Gasteiger partial charge is 0.352 e. The second-order valence-electron chi connectivity index (χ2n) is 4.66. The molecule has 2 aromatic rings. The van der Waals surface area contributed by atoms with Gasteiger partial charge < -0.3 is 9.67 Å². The van der Waals surface area contributed by atoms with Crippen LogP contribution in [0.2, 0.25) is 0 Å². The summed E-state index contributed by atoms with van der Waals surface area (Å²) in [5, 5.41) is 13.6. The van der Waals surface area contributed by atoms with E-state index in [1.807, 2.05) is 23.0 Å². The van der Waals surface area contributed by atoms with Crippen molar-refractivity contribution in [3.8, 4) is 0 Å². The molecule has 0 aliphatic carbocycles. The molecule has 2 aromatic heterocycles. The Bertz CT molecular complexity index is 567. The first kappa shape index (κ1) is 12.4. The van der Waals surface area contributed by atoms with Crippen molar-refractivity contribution in [2.24, 2.45) is 0 Å². The summed E-state index contributed by atoms with van der Waals surface area (Å²) >= 11 is 0. The van der Waals surface area contributed by atoms with Gasteiger partial charge in [-0.05, 0) is 38.5 Å². The molecular formula is C13H17N3O2. The number of aromatic nitrogens is 3. The van der Waals surface area contributed by atoms with Crippen LogP contribution in [0, 0.1) is 6.92 Å². The lowest BCUT2D eigenvalue weighted by Gasteiger charge is -2.06. The molecule has 0 amide bonds. The number of nitrogens with zero attached hydrogens (tertiary/aromatic N) is 3. The van der Waals surface area contributed by atoms with Crippen molar-refractivity contribution >= 4 is 5.97 Å². The average molecular weight is 247 g/mol. The molecule has 0 aliphatic heterocycles. The Morgan fingerprint density at radius 3 is 2.67 bits per heavy atom. The van der Waals surface area contributed by atoms with Gasteiger partial charge in [0.05, 0.1) is 12.2 Å². The first-order valence-corrected chi connectivity index (χ1v) is 5.92. The largest absolute Gasteiger partial charge is 0.477 e. The zero-order valence-corrected chi connectivity index (χ0v) is 10.8. The van der Waals surface area contributed by atoms with Crippen LogP contribution in [0.3, 0.4) is 0 Å². The van der Waals surface area contributed by atoms with Crippen LogP contribution >= 0.6 is 0 Å². The van der Waals surface area contributed by atoms with Crippen LogP contribution < -0.4 is 0 Å². The van der Waals surface area contributed by atoms with E-state index in [9.17, 15) is 4.79 Å². The molecule has 0 aromatic carbocycles. The minimum absolute atomic E-state index is 0.309. The molecule has 1 N–H and O–H groups in total. The van der Waals surface area contributed by atoms with E-state index in [2.05, 4.69) is 18.9 Å². The van der Waals surface area contributed by atoms with Crippen LogP contribution in [0.4, 0.5) is 0 Å². The Hall–Kier alpha value is -2.04. The fourth-order valence-electron chi connectivity index (χ4n) is 1.93. The number of hydrogen-bond acceptors (Lipinski definition) is 2. The van der Waals surface area contributed by atoms with E-state index >= 15 is 0 Å². The van der Waals surface area contributed by atoms with E-state index in [4.69, 9.17) is 5.11 Å². The summed E-state index contributed by atoms with van der Waals surface area (Å²) in [5.74, 6) is -0.902. The van der Waals surface area contributed by atoms with Crippen molar-refractivity contribution in [2.45, 2.75) is 33.4 Å². The van der Waals surface area contributed by atoms with Crippen molar-refractivity contribution in [3.63, 3.8) is 0 Å². The SMILES string of the molecule is Cc1ccn(Cc2ccn(C(C)C)n2)c1C(=O)O. The minimum Gasteiger partial charge on any atom is -0.477 e. The maximum absolute atomic E-state index is 11.2. The van der Waals surface area contributed by atoms with Gasteiger partial charge in [0.15, 0.2) is 0 Å². The molecule has 0 fully saturated rings. The molecule has 0 unspecified atom stereocenters. The Morgan fingerprint density at radius 2 is 2.11 bits per heavy atom. The second-order valence-corrected chi connectivity index (χ2v) is 4.66. The molecule has 0 radical (unpaired) electrons. The van der Waals surface area contributed by atoms with Crippen LogP contribution in [-0.2, 0) is 6.54 Å². The van der Waals surface area contributed by atoms with Gasteiger partial charge >= 0.3 is 5.97 Å². The highest BCUT2D eigenvalue weighted by Gasteiger charge is 2.14. The molecule has 2 rings (SSSR count). The van der Waals surface area contributed by atoms with Gasteiger partial charge in [-0.15, -0.1) is 0 Å². The summed E-state index contributed by atoms with van der Waals surface area (Å²) in [6, 6.07) is 4.04. The molecule has 0 spiro atoms. The number of carbonyl (C=O) groups is 1. The molecular weight excluding hydrogens is 230 g/mol. The van der Waals surface area contributed by atoms with E-state index < -0.39 is 5.97 Å². The Kier molecular flexibility index (Phi) is 3.23. The molecule has 5 heteroatoms. The van der Waals surface area contributed by atoms with Crippen LogP contribution in [0.5, 0.6) is 0 Å². The summed E-state index contributed by atoms with van der Waals surface area (Å²) < 4.78 is 3.58. The van der Waals surface area contributed by atoms with Gasteiger partial charge in [0.2, 0.25) is 0 Å². The van der Waals surface area contributed by atoms with Gasteiger partial charge in [0.25, 0.3) is 0 Å². The van der Waals surface area contributed by atoms with Gasteiger partial charge in [-0.2, -0.15) is 5.10 Å². The Labute approximate surface area is 106 Å². The third-order valence-electron chi connectivity index (χ3n) is 2.89. The maximum atomic E-state index is 11.2. The molecule has 18 heavy (non-hydrogen) atoms. The quantitative estimate of drug-likeness (QED) is 0.902. The van der Waals surface area contributed by atoms with Gasteiger partial charge in [-0.3, -0.25) is 4.68 Å². The van der Waals surface area contributed by atoms with Crippen molar-refractivity contribution < 1.29 is 9.90 Å². The number of carboxylic acid groups (broad SMARTS) is 1. The molecule has 0 aliphatic rings. The summed E-state index contributed by atoms with van der Waals surface area (Å²) in [6.07, 6.45) is 3.70. The van der Waals surface area contributed by atoms with Gasteiger partial charge in [-0.25, -0.2) is 4.79 Å². The third kappa shape index (κ3) is 2.30. The lowest BCUT2D eigenvalue weighted by atomic mass is 10.3. The monoisotopic (exact) mass is 247 g/mol. The summed E-state index contributed by atoms with van der Waals surface area (Å²) in [7, 11) is 0. The third-order valence-corrected chi connectivity index (χ3v) is 2.89. The zero-order valence-electron chi connectivity index (χ0n) is 10.8. The van der Waals surface area contributed by atoms with Crippen molar-refractivity contribution in [1.29, 1.82) is 0 Å². The molecule has 0 atom stereocenters. The molecule has 0 saturated carbocycles. The molecule has 5 nitrogen and oxygen atoms in total. The maximum Gasteiger partial charge on any atom is 0.352 e. The van der Waals surface area contributed by atoms with Crippen molar-refractivity contribution in [2.75, 3.05) is 0 Å². The summed E-state index contributed by atoms with van der Waals surface area (Å²) in [5.41, 5.74) is 1.96. The van der Waals surface area contributed by atoms with Gasteiger partial charge in [0.1, 0.15) is 5.69 Å². The van der Waals surface area contributed by atoms with Gasteiger partial charge in [-0.1, -0.05) is 0 Å². The highest BCUT2D eigenvalue weighted by molar-refractivity contribution is 5.87. The first-order valence-electron chi connectivity index (χ1n) is 5.92. The number of rotatable bonds is 4. The number of aromatic carboxylic acids is 1. The highest BCUT2D eigenvalue weighted by Crippen LogP contribution is 2.13. The molecule has 0 bridgehead atoms. The zero-order chi connectivity index (χ0) is 13.3. The summed E-state index contributed by atoms with van der Waals surface area (Å²) in [6.45, 7) is 6.39. The fraction of sp³-hybridized carbons (Fsp3) is 0.385. The van der Waals surface area contributed by atoms with E-state index in [1.165, 1.54) is 0 Å². The number of aryl methyl sites for hydroxylation is 1. The van der Waals surface area contributed by atoms with Gasteiger partial charge in [0, 0.05) is 18.4 Å².